The zero-order valence-corrected chi connectivity index (χ0v) is 18.9. The van der Waals surface area contributed by atoms with Crippen LogP contribution in [0, 0.1) is 18.3 Å². The minimum absolute atomic E-state index is 0.00930. The molecule has 1 amide bonds. The van der Waals surface area contributed by atoms with Gasteiger partial charge in [-0.25, -0.2) is 0 Å². The first kappa shape index (κ1) is 23.7. The van der Waals surface area contributed by atoms with Crippen molar-refractivity contribution < 1.29 is 14.3 Å². The number of carbonyl (C=O) groups is 1. The predicted molar refractivity (Wildman–Crippen MR) is 125 cm³/mol. The number of aryl methyl sites for hydroxylation is 1. The molecule has 0 saturated heterocycles. The smallest absolute Gasteiger partial charge is 0.269 e. The van der Waals surface area contributed by atoms with Gasteiger partial charge < -0.3 is 14.8 Å². The van der Waals surface area contributed by atoms with E-state index >= 15 is 0 Å². The number of ether oxygens (including phenoxy) is 2. The Bertz CT molecular complexity index is 1270. The highest BCUT2D eigenvalue weighted by Gasteiger charge is 2.17. The molecule has 3 aromatic rings. The van der Waals surface area contributed by atoms with Gasteiger partial charge in [-0.05, 0) is 63.1 Å². The SMILES string of the molecule is Cc1cccc(Oc2nc3ccccn3c(=O)c2C=C(C#N)C(=O)NCCCOC(C)C)c1. The Labute approximate surface area is 192 Å². The Kier molecular flexibility index (Phi) is 7.95. The fraction of sp³-hybridized carbons (Fsp3) is 0.280. The molecule has 170 valence electrons. The van der Waals surface area contributed by atoms with E-state index in [1.807, 2.05) is 39.0 Å². The molecule has 2 heterocycles. The zero-order chi connectivity index (χ0) is 23.8. The molecule has 8 heteroatoms. The van der Waals surface area contributed by atoms with Crippen LogP contribution >= 0.6 is 0 Å². The van der Waals surface area contributed by atoms with E-state index in [1.165, 1.54) is 10.5 Å². The summed E-state index contributed by atoms with van der Waals surface area (Å²) in [6.07, 6.45) is 3.50. The number of amides is 1. The average molecular weight is 447 g/mol. The van der Waals surface area contributed by atoms with Crippen molar-refractivity contribution in [1.82, 2.24) is 14.7 Å². The third kappa shape index (κ3) is 6.28. The first-order valence-corrected chi connectivity index (χ1v) is 10.7. The van der Waals surface area contributed by atoms with Crippen LogP contribution in [0.5, 0.6) is 11.6 Å². The molecule has 0 bridgehead atoms. The van der Waals surface area contributed by atoms with Crippen molar-refractivity contribution >= 4 is 17.6 Å². The van der Waals surface area contributed by atoms with Gasteiger partial charge in [0.1, 0.15) is 28.6 Å². The molecular formula is C25H26N4O4. The lowest BCUT2D eigenvalue weighted by molar-refractivity contribution is -0.117. The second-order valence-corrected chi connectivity index (χ2v) is 7.68. The third-order valence-electron chi connectivity index (χ3n) is 4.65. The van der Waals surface area contributed by atoms with E-state index in [1.54, 1.807) is 36.5 Å². The molecule has 0 saturated carbocycles. The van der Waals surface area contributed by atoms with Crippen LogP contribution in [0.25, 0.3) is 11.7 Å². The van der Waals surface area contributed by atoms with Gasteiger partial charge in [-0.15, -0.1) is 0 Å². The largest absolute Gasteiger partial charge is 0.438 e. The highest BCUT2D eigenvalue weighted by Crippen LogP contribution is 2.24. The van der Waals surface area contributed by atoms with Crippen molar-refractivity contribution in [2.75, 3.05) is 13.2 Å². The highest BCUT2D eigenvalue weighted by molar-refractivity contribution is 6.01. The molecule has 0 atom stereocenters. The van der Waals surface area contributed by atoms with Crippen LogP contribution in [-0.4, -0.2) is 34.5 Å². The van der Waals surface area contributed by atoms with Crippen LogP contribution in [0.15, 0.2) is 59.0 Å². The van der Waals surface area contributed by atoms with E-state index < -0.39 is 11.5 Å². The topological polar surface area (TPSA) is 106 Å². The van der Waals surface area contributed by atoms with Gasteiger partial charge in [0, 0.05) is 19.3 Å². The van der Waals surface area contributed by atoms with Gasteiger partial charge in [-0.3, -0.25) is 14.0 Å². The summed E-state index contributed by atoms with van der Waals surface area (Å²) in [5, 5.41) is 12.3. The molecule has 0 aliphatic rings. The van der Waals surface area contributed by atoms with Crippen molar-refractivity contribution in [2.45, 2.75) is 33.3 Å². The molecule has 0 fully saturated rings. The number of hydrogen-bond donors (Lipinski definition) is 1. The lowest BCUT2D eigenvalue weighted by atomic mass is 10.1. The normalized spacial score (nSPS) is 11.4. The third-order valence-corrected chi connectivity index (χ3v) is 4.65. The summed E-state index contributed by atoms with van der Waals surface area (Å²) in [4.78, 5) is 30.2. The highest BCUT2D eigenvalue weighted by atomic mass is 16.5. The van der Waals surface area contributed by atoms with E-state index in [9.17, 15) is 14.9 Å². The molecule has 2 aromatic heterocycles. The molecule has 33 heavy (non-hydrogen) atoms. The number of pyridine rings is 1. The molecule has 0 aliphatic heterocycles. The predicted octanol–water partition coefficient (Wildman–Crippen LogP) is 3.63. The van der Waals surface area contributed by atoms with Crippen LogP contribution in [0.4, 0.5) is 0 Å². The molecular weight excluding hydrogens is 420 g/mol. The summed E-state index contributed by atoms with van der Waals surface area (Å²) in [6.45, 7) is 6.62. The Balaban J connectivity index is 1.94. The average Bonchev–Trinajstić information content (AvgIpc) is 2.78. The van der Waals surface area contributed by atoms with E-state index in [0.717, 1.165) is 5.56 Å². The number of nitrogens with zero attached hydrogens (tertiary/aromatic N) is 3. The number of nitriles is 1. The van der Waals surface area contributed by atoms with Crippen molar-refractivity contribution in [3.05, 3.63) is 75.7 Å². The van der Waals surface area contributed by atoms with Gasteiger partial charge in [0.2, 0.25) is 5.88 Å². The van der Waals surface area contributed by atoms with Crippen molar-refractivity contribution in [2.24, 2.45) is 0 Å². The lowest BCUT2D eigenvalue weighted by Crippen LogP contribution is -2.27. The Morgan fingerprint density at radius 3 is 2.82 bits per heavy atom. The lowest BCUT2D eigenvalue weighted by Gasteiger charge is -2.11. The second kappa shape index (κ2) is 11.1. The summed E-state index contributed by atoms with van der Waals surface area (Å²) in [5.41, 5.74) is 0.698. The molecule has 8 nitrogen and oxygen atoms in total. The van der Waals surface area contributed by atoms with Gasteiger partial charge in [0.05, 0.1) is 6.10 Å². The number of benzene rings is 1. The van der Waals surface area contributed by atoms with Crippen LogP contribution in [0.3, 0.4) is 0 Å². The van der Waals surface area contributed by atoms with Crippen molar-refractivity contribution in [1.29, 1.82) is 5.26 Å². The van der Waals surface area contributed by atoms with Crippen LogP contribution < -0.4 is 15.6 Å². The maximum atomic E-state index is 13.2. The molecule has 3 rings (SSSR count). The van der Waals surface area contributed by atoms with Crippen LogP contribution in [-0.2, 0) is 9.53 Å². The molecule has 1 aromatic carbocycles. The molecule has 1 N–H and O–H groups in total. The summed E-state index contributed by atoms with van der Waals surface area (Å²) >= 11 is 0. The number of rotatable bonds is 9. The minimum Gasteiger partial charge on any atom is -0.438 e. The maximum Gasteiger partial charge on any atom is 0.269 e. The summed E-state index contributed by atoms with van der Waals surface area (Å²) in [5.74, 6) is -0.0752. The number of nitrogens with one attached hydrogen (secondary N) is 1. The second-order valence-electron chi connectivity index (χ2n) is 7.68. The molecule has 0 unspecified atom stereocenters. The quantitative estimate of drug-likeness (QED) is 0.306. The van der Waals surface area contributed by atoms with E-state index in [2.05, 4.69) is 10.3 Å². The number of fused-ring (bicyclic) bond motifs is 1. The summed E-state index contributed by atoms with van der Waals surface area (Å²) in [7, 11) is 0. The van der Waals surface area contributed by atoms with Gasteiger partial charge >= 0.3 is 0 Å². The van der Waals surface area contributed by atoms with Crippen LogP contribution in [0.1, 0.15) is 31.4 Å². The Hall–Kier alpha value is -3.96. The first-order valence-electron chi connectivity index (χ1n) is 10.7. The standard InChI is InChI=1S/C25H26N4O4/c1-17(2)32-13-7-11-27-23(30)19(16-26)15-21-24(33-20-9-6-8-18(3)14-20)28-22-10-4-5-12-29(22)25(21)31/h4-6,8-10,12,14-15,17H,7,11,13H2,1-3H3,(H,27,30). The molecule has 0 radical (unpaired) electrons. The fourth-order valence-electron chi connectivity index (χ4n) is 3.06. The van der Waals surface area contributed by atoms with Crippen molar-refractivity contribution in [3.63, 3.8) is 0 Å². The van der Waals surface area contributed by atoms with Crippen molar-refractivity contribution in [3.8, 4) is 17.7 Å². The van der Waals surface area contributed by atoms with Gasteiger partial charge in [0.15, 0.2) is 0 Å². The monoisotopic (exact) mass is 446 g/mol. The number of carbonyl (C=O) groups excluding carboxylic acids is 1. The Morgan fingerprint density at radius 2 is 2.09 bits per heavy atom. The fourth-order valence-corrected chi connectivity index (χ4v) is 3.06. The number of hydrogen-bond acceptors (Lipinski definition) is 6. The molecule has 0 aliphatic carbocycles. The van der Waals surface area contributed by atoms with Gasteiger partial charge in [0.25, 0.3) is 11.5 Å². The minimum atomic E-state index is -0.582. The summed E-state index contributed by atoms with van der Waals surface area (Å²) in [6, 6.07) is 14.3. The Morgan fingerprint density at radius 1 is 1.27 bits per heavy atom. The summed E-state index contributed by atoms with van der Waals surface area (Å²) < 4.78 is 12.7. The maximum absolute atomic E-state index is 13.2. The van der Waals surface area contributed by atoms with E-state index in [0.29, 0.717) is 31.0 Å². The number of aromatic nitrogens is 2. The molecule has 0 spiro atoms. The van der Waals surface area contributed by atoms with Gasteiger partial charge in [-0.2, -0.15) is 10.2 Å². The van der Waals surface area contributed by atoms with Gasteiger partial charge in [-0.1, -0.05) is 18.2 Å². The van der Waals surface area contributed by atoms with E-state index in [-0.39, 0.29) is 23.1 Å². The van der Waals surface area contributed by atoms with Crippen LogP contribution in [0.2, 0.25) is 0 Å². The first-order chi connectivity index (χ1) is 15.9. The van der Waals surface area contributed by atoms with E-state index in [4.69, 9.17) is 9.47 Å². The zero-order valence-electron chi connectivity index (χ0n) is 18.9.